The number of nitrogens with two attached hydrogens (primary N) is 1. The molecule has 0 saturated carbocycles. The summed E-state index contributed by atoms with van der Waals surface area (Å²) in [5, 5.41) is 3.68. The van der Waals surface area contributed by atoms with Crippen molar-refractivity contribution >= 4 is 28.9 Å². The first-order valence-corrected chi connectivity index (χ1v) is 7.28. The molecule has 0 spiro atoms. The second-order valence-electron chi connectivity index (χ2n) is 4.37. The maximum Gasteiger partial charge on any atom is 0.325 e. The van der Waals surface area contributed by atoms with Crippen molar-refractivity contribution in [2.75, 3.05) is 18.6 Å². The molecule has 2 N–H and O–H groups in total. The lowest BCUT2D eigenvalue weighted by Gasteiger charge is -2.24. The van der Waals surface area contributed by atoms with Gasteiger partial charge in [-0.05, 0) is 34.5 Å². The molecule has 0 aliphatic rings. The molecule has 5 nitrogen and oxygen atoms in total. The Labute approximate surface area is 126 Å². The number of carbonyl (C=O) groups is 2. The van der Waals surface area contributed by atoms with Crippen molar-refractivity contribution in [1.82, 2.24) is 0 Å². The maximum atomic E-state index is 12.6. The molecule has 21 heavy (non-hydrogen) atoms. The highest BCUT2D eigenvalue weighted by Crippen LogP contribution is 2.21. The Bertz CT molecular complexity index is 599. The van der Waals surface area contributed by atoms with Gasteiger partial charge in [0.25, 0.3) is 0 Å². The summed E-state index contributed by atoms with van der Waals surface area (Å²) >= 11 is 1.47. The fourth-order valence-electron chi connectivity index (χ4n) is 1.86. The van der Waals surface area contributed by atoms with Crippen molar-refractivity contribution in [3.8, 4) is 0 Å². The van der Waals surface area contributed by atoms with Gasteiger partial charge in [-0.1, -0.05) is 18.2 Å². The van der Waals surface area contributed by atoms with E-state index in [2.05, 4.69) is 4.74 Å². The molecule has 1 amide bonds. The van der Waals surface area contributed by atoms with Crippen LogP contribution in [-0.4, -0.2) is 25.5 Å². The molecule has 6 heteroatoms. The topological polar surface area (TPSA) is 72.6 Å². The Morgan fingerprint density at radius 2 is 2.00 bits per heavy atom. The molecule has 1 atom stereocenters. The normalized spacial score (nSPS) is 11.7. The van der Waals surface area contributed by atoms with Crippen molar-refractivity contribution in [2.45, 2.75) is 6.04 Å². The van der Waals surface area contributed by atoms with Gasteiger partial charge in [0.2, 0.25) is 5.91 Å². The van der Waals surface area contributed by atoms with Crippen LogP contribution in [0, 0.1) is 0 Å². The summed E-state index contributed by atoms with van der Waals surface area (Å²) in [6.07, 6.45) is 0. The van der Waals surface area contributed by atoms with E-state index < -0.39 is 12.0 Å². The number of carbonyl (C=O) groups excluding carboxylic acids is 2. The van der Waals surface area contributed by atoms with Gasteiger partial charge in [-0.2, -0.15) is 11.3 Å². The van der Waals surface area contributed by atoms with Gasteiger partial charge < -0.3 is 10.5 Å². The molecule has 0 saturated heterocycles. The second-order valence-corrected chi connectivity index (χ2v) is 5.15. The monoisotopic (exact) mass is 304 g/mol. The fraction of sp³-hybridized carbons (Fsp3) is 0.200. The Balaban J connectivity index is 2.26. The van der Waals surface area contributed by atoms with E-state index in [1.807, 2.05) is 16.8 Å². The lowest BCUT2D eigenvalue weighted by Crippen LogP contribution is -2.41. The van der Waals surface area contributed by atoms with Crippen LogP contribution in [0.2, 0.25) is 0 Å². The van der Waals surface area contributed by atoms with Gasteiger partial charge in [0, 0.05) is 5.69 Å². The van der Waals surface area contributed by atoms with E-state index in [0.717, 1.165) is 5.56 Å². The number of amides is 1. The average molecular weight is 304 g/mol. The highest BCUT2D eigenvalue weighted by molar-refractivity contribution is 7.08. The molecule has 1 aromatic heterocycles. The number of thiophene rings is 1. The number of ether oxygens (including phenoxy) is 1. The molecule has 0 aliphatic carbocycles. The van der Waals surface area contributed by atoms with E-state index in [9.17, 15) is 9.59 Å². The summed E-state index contributed by atoms with van der Waals surface area (Å²) in [5.41, 5.74) is 7.34. The van der Waals surface area contributed by atoms with Gasteiger partial charge >= 0.3 is 5.97 Å². The zero-order valence-corrected chi connectivity index (χ0v) is 12.4. The third-order valence-corrected chi connectivity index (χ3v) is 3.72. The first kappa shape index (κ1) is 15.2. The van der Waals surface area contributed by atoms with Gasteiger partial charge in [-0.15, -0.1) is 0 Å². The number of benzene rings is 1. The SMILES string of the molecule is COC(=O)CN(C(=O)[C@@H](N)c1ccsc1)c1ccccc1. The van der Waals surface area contributed by atoms with Gasteiger partial charge in [-0.25, -0.2) is 0 Å². The molecule has 0 fully saturated rings. The molecular formula is C15H16N2O3S. The van der Waals surface area contributed by atoms with Crippen LogP contribution < -0.4 is 10.6 Å². The fourth-order valence-corrected chi connectivity index (χ4v) is 2.56. The third-order valence-electron chi connectivity index (χ3n) is 3.02. The summed E-state index contributed by atoms with van der Waals surface area (Å²) in [5.74, 6) is -0.838. The summed E-state index contributed by atoms with van der Waals surface area (Å²) < 4.78 is 4.65. The Morgan fingerprint density at radius 3 is 2.57 bits per heavy atom. The number of hydrogen-bond donors (Lipinski definition) is 1. The van der Waals surface area contributed by atoms with E-state index in [-0.39, 0.29) is 12.5 Å². The van der Waals surface area contributed by atoms with Gasteiger partial charge in [0.05, 0.1) is 7.11 Å². The Hall–Kier alpha value is -2.18. The average Bonchev–Trinajstić information content (AvgIpc) is 3.06. The second kappa shape index (κ2) is 7.01. The largest absolute Gasteiger partial charge is 0.468 e. The molecule has 1 aromatic carbocycles. The molecule has 0 aliphatic heterocycles. The Kier molecular flexibility index (Phi) is 5.08. The molecule has 1 heterocycles. The molecule has 2 aromatic rings. The third kappa shape index (κ3) is 3.68. The van der Waals surface area contributed by atoms with Crippen molar-refractivity contribution in [1.29, 1.82) is 0 Å². The van der Waals surface area contributed by atoms with E-state index in [1.165, 1.54) is 23.3 Å². The molecule has 110 valence electrons. The van der Waals surface area contributed by atoms with Gasteiger partial charge in [0.15, 0.2) is 0 Å². The molecule has 2 rings (SSSR count). The maximum absolute atomic E-state index is 12.6. The first-order chi connectivity index (χ1) is 10.1. The zero-order valence-electron chi connectivity index (χ0n) is 11.6. The number of nitrogens with zero attached hydrogens (tertiary/aromatic N) is 1. The molecular weight excluding hydrogens is 288 g/mol. The Morgan fingerprint density at radius 1 is 1.29 bits per heavy atom. The van der Waals surface area contributed by atoms with Crippen LogP contribution >= 0.6 is 11.3 Å². The van der Waals surface area contributed by atoms with E-state index in [0.29, 0.717) is 5.69 Å². The van der Waals surface area contributed by atoms with Crippen molar-refractivity contribution in [3.05, 3.63) is 52.7 Å². The lowest BCUT2D eigenvalue weighted by molar-refractivity contribution is -0.140. The zero-order chi connectivity index (χ0) is 15.2. The number of anilines is 1. The van der Waals surface area contributed by atoms with Gasteiger partial charge in [-0.3, -0.25) is 14.5 Å². The number of esters is 1. The minimum Gasteiger partial charge on any atom is -0.468 e. The minimum atomic E-state index is -0.805. The highest BCUT2D eigenvalue weighted by Gasteiger charge is 2.26. The van der Waals surface area contributed by atoms with Crippen LogP contribution in [0.3, 0.4) is 0 Å². The predicted molar refractivity (Wildman–Crippen MR) is 82.1 cm³/mol. The van der Waals surface area contributed by atoms with Crippen LogP contribution in [0.5, 0.6) is 0 Å². The summed E-state index contributed by atoms with van der Waals surface area (Å²) in [6, 6.07) is 9.92. The van der Waals surface area contributed by atoms with E-state index >= 15 is 0 Å². The molecule has 0 unspecified atom stereocenters. The highest BCUT2D eigenvalue weighted by atomic mass is 32.1. The molecule has 0 bridgehead atoms. The molecule has 0 radical (unpaired) electrons. The number of para-hydroxylation sites is 1. The van der Waals surface area contributed by atoms with Crippen molar-refractivity contribution < 1.29 is 14.3 Å². The quantitative estimate of drug-likeness (QED) is 0.857. The number of hydrogen-bond acceptors (Lipinski definition) is 5. The van der Waals surface area contributed by atoms with Crippen LogP contribution in [-0.2, 0) is 14.3 Å². The minimum absolute atomic E-state index is 0.169. The lowest BCUT2D eigenvalue weighted by atomic mass is 10.1. The van der Waals surface area contributed by atoms with Crippen molar-refractivity contribution in [2.24, 2.45) is 5.73 Å². The standard InChI is InChI=1S/C15H16N2O3S/c1-20-13(18)9-17(12-5-3-2-4-6-12)15(19)14(16)11-7-8-21-10-11/h2-8,10,14H,9,16H2,1H3/t14-/m0/s1. The first-order valence-electron chi connectivity index (χ1n) is 6.34. The van der Waals surface area contributed by atoms with Crippen LogP contribution in [0.15, 0.2) is 47.2 Å². The van der Waals surface area contributed by atoms with E-state index in [1.54, 1.807) is 30.3 Å². The van der Waals surface area contributed by atoms with Crippen LogP contribution in [0.1, 0.15) is 11.6 Å². The summed E-state index contributed by atoms with van der Waals surface area (Å²) in [4.78, 5) is 25.5. The van der Waals surface area contributed by atoms with Crippen LogP contribution in [0.25, 0.3) is 0 Å². The van der Waals surface area contributed by atoms with E-state index in [4.69, 9.17) is 5.73 Å². The van der Waals surface area contributed by atoms with Crippen LogP contribution in [0.4, 0.5) is 5.69 Å². The van der Waals surface area contributed by atoms with Crippen molar-refractivity contribution in [3.63, 3.8) is 0 Å². The number of methoxy groups -OCH3 is 1. The number of rotatable bonds is 5. The summed E-state index contributed by atoms with van der Waals surface area (Å²) in [7, 11) is 1.29. The smallest absolute Gasteiger partial charge is 0.325 e. The predicted octanol–water partition coefficient (Wildman–Crippen LogP) is 1.95. The van der Waals surface area contributed by atoms with Gasteiger partial charge in [0.1, 0.15) is 12.6 Å². The summed E-state index contributed by atoms with van der Waals surface area (Å²) in [6.45, 7) is -0.169.